The molecule has 1 unspecified atom stereocenters. The Hall–Kier alpha value is -1.52. The van der Waals surface area contributed by atoms with Gasteiger partial charge in [0.05, 0.1) is 19.8 Å². The maximum atomic E-state index is 13.5. The summed E-state index contributed by atoms with van der Waals surface area (Å²) in [5, 5.41) is 0. The van der Waals surface area contributed by atoms with Crippen molar-refractivity contribution in [2.75, 3.05) is 13.2 Å². The Kier molecular flexibility index (Phi) is 6.39. The van der Waals surface area contributed by atoms with Crippen LogP contribution in [0.4, 0.5) is 8.78 Å². The van der Waals surface area contributed by atoms with Crippen LogP contribution in [0.25, 0.3) is 0 Å². The van der Waals surface area contributed by atoms with Gasteiger partial charge >= 0.3 is 0 Å². The first-order chi connectivity index (χ1) is 9.10. The van der Waals surface area contributed by atoms with Gasteiger partial charge < -0.3 is 9.47 Å². The van der Waals surface area contributed by atoms with Gasteiger partial charge in [-0.2, -0.15) is 8.78 Å². The topological polar surface area (TPSA) is 18.5 Å². The predicted octanol–water partition coefficient (Wildman–Crippen LogP) is 3.60. The Balaban J connectivity index is 2.48. The first-order valence-electron chi connectivity index (χ1n) is 5.95. The number of hydrogen-bond donors (Lipinski definition) is 0. The first-order valence-corrected chi connectivity index (χ1v) is 5.95. The van der Waals surface area contributed by atoms with Crippen LogP contribution in [-0.4, -0.2) is 25.2 Å². The summed E-state index contributed by atoms with van der Waals surface area (Å²) in [6.07, 6.45) is 0.641. The standard InChI is InChI=1S/C15H18F2O2/c1-3-10-19-14(15(16,17)4-2)12-18-11-13-8-6-5-7-9-13/h3-9,14H,1-2,10-12H2. The molecule has 19 heavy (non-hydrogen) atoms. The molecule has 1 atom stereocenters. The largest absolute Gasteiger partial charge is 0.374 e. The molecule has 0 saturated carbocycles. The summed E-state index contributed by atoms with van der Waals surface area (Å²) >= 11 is 0. The van der Waals surface area contributed by atoms with E-state index in [1.807, 2.05) is 30.3 Å². The molecule has 0 bridgehead atoms. The van der Waals surface area contributed by atoms with Gasteiger partial charge in [0, 0.05) is 0 Å². The van der Waals surface area contributed by atoms with Crippen LogP contribution in [0.2, 0.25) is 0 Å². The third-order valence-corrected chi connectivity index (χ3v) is 2.50. The van der Waals surface area contributed by atoms with E-state index in [0.717, 1.165) is 5.56 Å². The molecule has 0 aliphatic rings. The number of rotatable bonds is 9. The highest BCUT2D eigenvalue weighted by Crippen LogP contribution is 2.23. The van der Waals surface area contributed by atoms with Gasteiger partial charge in [-0.25, -0.2) is 0 Å². The van der Waals surface area contributed by atoms with Crippen molar-refractivity contribution in [1.82, 2.24) is 0 Å². The van der Waals surface area contributed by atoms with E-state index in [4.69, 9.17) is 9.47 Å². The van der Waals surface area contributed by atoms with Crippen LogP contribution in [0.15, 0.2) is 55.6 Å². The molecule has 1 aromatic carbocycles. The molecule has 0 aromatic heterocycles. The summed E-state index contributed by atoms with van der Waals surface area (Å²) in [6, 6.07) is 9.34. The number of hydrogen-bond acceptors (Lipinski definition) is 2. The average Bonchev–Trinajstić information content (AvgIpc) is 2.43. The fourth-order valence-electron chi connectivity index (χ4n) is 1.44. The minimum atomic E-state index is -3.13. The Bertz CT molecular complexity index is 390. The molecule has 0 aliphatic carbocycles. The Morgan fingerprint density at radius 3 is 2.47 bits per heavy atom. The highest BCUT2D eigenvalue weighted by Gasteiger charge is 2.37. The molecule has 1 aromatic rings. The van der Waals surface area contributed by atoms with E-state index in [0.29, 0.717) is 6.08 Å². The lowest BCUT2D eigenvalue weighted by atomic mass is 10.2. The molecule has 104 valence electrons. The number of benzene rings is 1. The third-order valence-electron chi connectivity index (χ3n) is 2.50. The Labute approximate surface area is 112 Å². The molecule has 0 N–H and O–H groups in total. The van der Waals surface area contributed by atoms with E-state index in [2.05, 4.69) is 13.2 Å². The van der Waals surface area contributed by atoms with E-state index < -0.39 is 12.0 Å². The molecule has 1 rings (SSSR count). The van der Waals surface area contributed by atoms with Crippen LogP contribution >= 0.6 is 0 Å². The van der Waals surface area contributed by atoms with Gasteiger partial charge in [0.25, 0.3) is 5.92 Å². The molecule has 0 saturated heterocycles. The van der Waals surface area contributed by atoms with E-state index in [9.17, 15) is 8.78 Å². The van der Waals surface area contributed by atoms with Gasteiger partial charge in [-0.05, 0) is 11.6 Å². The second-order valence-corrected chi connectivity index (χ2v) is 3.99. The van der Waals surface area contributed by atoms with Crippen molar-refractivity contribution in [1.29, 1.82) is 0 Å². The summed E-state index contributed by atoms with van der Waals surface area (Å²) in [4.78, 5) is 0. The fourth-order valence-corrected chi connectivity index (χ4v) is 1.44. The van der Waals surface area contributed by atoms with Crippen LogP contribution in [0.3, 0.4) is 0 Å². The number of alkyl halides is 2. The quantitative estimate of drug-likeness (QED) is 0.637. The zero-order chi connectivity index (χ0) is 14.1. The second-order valence-electron chi connectivity index (χ2n) is 3.99. The second kappa shape index (κ2) is 7.81. The molecular formula is C15H18F2O2. The molecule has 4 heteroatoms. The van der Waals surface area contributed by atoms with E-state index >= 15 is 0 Å². The van der Waals surface area contributed by atoms with E-state index in [-0.39, 0.29) is 19.8 Å². The molecule has 0 radical (unpaired) electrons. The van der Waals surface area contributed by atoms with Gasteiger partial charge in [-0.15, -0.1) is 6.58 Å². The summed E-state index contributed by atoms with van der Waals surface area (Å²) < 4.78 is 37.3. The van der Waals surface area contributed by atoms with Gasteiger partial charge in [0.2, 0.25) is 0 Å². The number of halogens is 2. The lowest BCUT2D eigenvalue weighted by Crippen LogP contribution is -2.38. The smallest absolute Gasteiger partial charge is 0.294 e. The lowest BCUT2D eigenvalue weighted by molar-refractivity contribution is -0.130. The molecule has 2 nitrogen and oxygen atoms in total. The van der Waals surface area contributed by atoms with Crippen molar-refractivity contribution in [3.63, 3.8) is 0 Å². The third kappa shape index (κ3) is 5.32. The molecule has 0 amide bonds. The van der Waals surface area contributed by atoms with Crippen LogP contribution in [0.1, 0.15) is 5.56 Å². The van der Waals surface area contributed by atoms with Crippen LogP contribution in [-0.2, 0) is 16.1 Å². The van der Waals surface area contributed by atoms with Gasteiger partial charge in [0.15, 0.2) is 0 Å². The molecular weight excluding hydrogens is 250 g/mol. The van der Waals surface area contributed by atoms with Crippen LogP contribution in [0.5, 0.6) is 0 Å². The zero-order valence-electron chi connectivity index (χ0n) is 10.7. The Morgan fingerprint density at radius 2 is 1.89 bits per heavy atom. The molecule has 0 spiro atoms. The minimum Gasteiger partial charge on any atom is -0.374 e. The normalized spacial score (nSPS) is 12.9. The number of ether oxygens (including phenoxy) is 2. The van der Waals surface area contributed by atoms with E-state index in [1.165, 1.54) is 6.08 Å². The van der Waals surface area contributed by atoms with E-state index in [1.54, 1.807) is 0 Å². The van der Waals surface area contributed by atoms with Crippen LogP contribution < -0.4 is 0 Å². The van der Waals surface area contributed by atoms with Crippen molar-refractivity contribution in [2.24, 2.45) is 0 Å². The highest BCUT2D eigenvalue weighted by molar-refractivity contribution is 5.13. The maximum absolute atomic E-state index is 13.5. The highest BCUT2D eigenvalue weighted by atomic mass is 19.3. The van der Waals surface area contributed by atoms with Crippen molar-refractivity contribution >= 4 is 0 Å². The van der Waals surface area contributed by atoms with Crippen molar-refractivity contribution in [2.45, 2.75) is 18.6 Å². The monoisotopic (exact) mass is 268 g/mol. The summed E-state index contributed by atoms with van der Waals surface area (Å²) in [5.74, 6) is -3.13. The summed E-state index contributed by atoms with van der Waals surface area (Å²) in [6.45, 7) is 6.65. The minimum absolute atomic E-state index is 0.0444. The SMILES string of the molecule is C=CCOC(COCc1ccccc1)C(F)(F)C=C. The maximum Gasteiger partial charge on any atom is 0.294 e. The van der Waals surface area contributed by atoms with Crippen molar-refractivity contribution in [3.05, 3.63) is 61.2 Å². The zero-order valence-corrected chi connectivity index (χ0v) is 10.7. The van der Waals surface area contributed by atoms with Gasteiger partial charge in [-0.3, -0.25) is 0 Å². The van der Waals surface area contributed by atoms with Crippen LogP contribution in [0, 0.1) is 0 Å². The van der Waals surface area contributed by atoms with Gasteiger partial charge in [-0.1, -0.05) is 43.0 Å². The molecule has 0 aliphatic heterocycles. The van der Waals surface area contributed by atoms with Crippen molar-refractivity contribution < 1.29 is 18.3 Å². The first kappa shape index (κ1) is 15.5. The molecule has 0 fully saturated rings. The molecule has 0 heterocycles. The average molecular weight is 268 g/mol. The lowest BCUT2D eigenvalue weighted by Gasteiger charge is -2.23. The predicted molar refractivity (Wildman–Crippen MR) is 71.2 cm³/mol. The summed E-state index contributed by atoms with van der Waals surface area (Å²) in [7, 11) is 0. The van der Waals surface area contributed by atoms with Gasteiger partial charge in [0.1, 0.15) is 6.10 Å². The summed E-state index contributed by atoms with van der Waals surface area (Å²) in [5.41, 5.74) is 0.923. The van der Waals surface area contributed by atoms with Crippen molar-refractivity contribution in [3.8, 4) is 0 Å². The fraction of sp³-hybridized carbons (Fsp3) is 0.333. The Morgan fingerprint density at radius 1 is 1.21 bits per heavy atom.